The molecule has 0 spiro atoms. The first kappa shape index (κ1) is 22.1. The summed E-state index contributed by atoms with van der Waals surface area (Å²) < 4.78 is 34.0. The Morgan fingerprint density at radius 2 is 2.10 bits per heavy atom. The van der Waals surface area contributed by atoms with Crippen molar-refractivity contribution in [2.45, 2.75) is 48.4 Å². The maximum absolute atomic E-state index is 12.7. The number of aromatic nitrogens is 3. The molecule has 4 rings (SSSR count). The number of hydrogen-bond donors (Lipinski definition) is 2. The minimum absolute atomic E-state index is 0.0243. The average molecular weight is 468 g/mol. The van der Waals surface area contributed by atoms with Gasteiger partial charge in [-0.05, 0) is 43.9 Å². The summed E-state index contributed by atoms with van der Waals surface area (Å²) in [4.78, 5) is 24.6. The van der Waals surface area contributed by atoms with Gasteiger partial charge in [-0.15, -0.1) is 5.10 Å². The van der Waals surface area contributed by atoms with Crippen molar-refractivity contribution >= 4 is 33.4 Å². The fraction of sp³-hybridized carbons (Fsp3) is 0.526. The molecule has 1 aromatic carbocycles. The van der Waals surface area contributed by atoms with Crippen LogP contribution < -0.4 is 11.0 Å². The Morgan fingerprint density at radius 3 is 2.84 bits per heavy atom. The number of carbonyl (C=O) groups is 1. The van der Waals surface area contributed by atoms with Crippen LogP contribution in [0.2, 0.25) is 0 Å². The van der Waals surface area contributed by atoms with E-state index in [-0.39, 0.29) is 28.3 Å². The van der Waals surface area contributed by atoms with Gasteiger partial charge in [-0.3, -0.25) is 9.36 Å². The zero-order chi connectivity index (χ0) is 21.8. The third-order valence-corrected chi connectivity index (χ3v) is 8.16. The molecule has 1 atom stereocenters. The van der Waals surface area contributed by atoms with Gasteiger partial charge in [0.1, 0.15) is 0 Å². The largest absolute Gasteiger partial charge is 0.376 e. The number of amides is 1. The normalized spacial score (nSPS) is 19.7. The van der Waals surface area contributed by atoms with Gasteiger partial charge in [0.2, 0.25) is 15.9 Å². The molecule has 168 valence electrons. The second-order valence-corrected chi connectivity index (χ2v) is 10.4. The van der Waals surface area contributed by atoms with Crippen LogP contribution in [0, 0.1) is 0 Å². The van der Waals surface area contributed by atoms with Crippen molar-refractivity contribution in [3.63, 3.8) is 0 Å². The van der Waals surface area contributed by atoms with Crippen LogP contribution >= 0.6 is 11.8 Å². The van der Waals surface area contributed by atoms with Crippen molar-refractivity contribution < 1.29 is 17.9 Å². The van der Waals surface area contributed by atoms with Crippen LogP contribution in [-0.2, 0) is 26.1 Å². The first-order valence-electron chi connectivity index (χ1n) is 10.2. The van der Waals surface area contributed by atoms with Gasteiger partial charge in [-0.2, -0.15) is 4.31 Å². The summed E-state index contributed by atoms with van der Waals surface area (Å²) in [5.74, 6) is -0.293. The number of nitrogens with one attached hydrogen (secondary N) is 2. The Balaban J connectivity index is 1.37. The van der Waals surface area contributed by atoms with Gasteiger partial charge in [-0.25, -0.2) is 18.3 Å². The summed E-state index contributed by atoms with van der Waals surface area (Å²) in [7, 11) is -3.55. The van der Waals surface area contributed by atoms with E-state index in [1.807, 2.05) is 0 Å². The quantitative estimate of drug-likeness (QED) is 0.560. The van der Waals surface area contributed by atoms with Crippen LogP contribution in [0.4, 0.5) is 5.69 Å². The number of nitrogens with zero attached hydrogens (tertiary/aromatic N) is 3. The van der Waals surface area contributed by atoms with Crippen LogP contribution in [0.5, 0.6) is 0 Å². The smallest absolute Gasteiger partial charge is 0.344 e. The van der Waals surface area contributed by atoms with E-state index in [1.54, 1.807) is 12.1 Å². The van der Waals surface area contributed by atoms with Crippen molar-refractivity contribution in [2.24, 2.45) is 0 Å². The van der Waals surface area contributed by atoms with E-state index in [9.17, 15) is 18.0 Å². The number of rotatable bonds is 8. The highest BCUT2D eigenvalue weighted by Gasteiger charge is 2.27. The zero-order valence-corrected chi connectivity index (χ0v) is 18.6. The van der Waals surface area contributed by atoms with Crippen molar-refractivity contribution in [3.05, 3.63) is 34.7 Å². The highest BCUT2D eigenvalue weighted by atomic mass is 32.2. The highest BCUT2D eigenvalue weighted by Crippen LogP contribution is 2.23. The van der Waals surface area contributed by atoms with Gasteiger partial charge >= 0.3 is 5.69 Å². The lowest BCUT2D eigenvalue weighted by Gasteiger charge is -2.16. The molecule has 31 heavy (non-hydrogen) atoms. The molecule has 2 aromatic rings. The number of thioether (sulfide) groups is 1. The number of H-pyrrole nitrogens is 1. The number of anilines is 1. The van der Waals surface area contributed by atoms with Crippen LogP contribution in [0.3, 0.4) is 0 Å². The van der Waals surface area contributed by atoms with Gasteiger partial charge in [-0.1, -0.05) is 17.8 Å². The summed E-state index contributed by atoms with van der Waals surface area (Å²) >= 11 is 1.14. The molecule has 0 radical (unpaired) electrons. The number of hydrogen-bond acceptors (Lipinski definition) is 7. The maximum atomic E-state index is 12.7. The predicted octanol–water partition coefficient (Wildman–Crippen LogP) is 1.27. The minimum Gasteiger partial charge on any atom is -0.376 e. The molecule has 2 aliphatic rings. The third kappa shape index (κ3) is 5.20. The van der Waals surface area contributed by atoms with E-state index in [0.29, 0.717) is 37.1 Å². The standard InChI is InChI=1S/C19H25N5O5S2/c25-17(13-30-19-22-21-18(26)24(19)12-15-6-4-10-29-15)20-14-5-3-7-16(11-14)31(27,28)23-8-1-2-9-23/h3,5,7,11,15H,1-2,4,6,8-10,12-13H2,(H,20,25)(H,21,26). The first-order valence-corrected chi connectivity index (χ1v) is 12.7. The van der Waals surface area contributed by atoms with Gasteiger partial charge in [0.05, 0.1) is 23.3 Å². The lowest BCUT2D eigenvalue weighted by molar-refractivity contribution is -0.113. The van der Waals surface area contributed by atoms with Crippen molar-refractivity contribution in [2.75, 3.05) is 30.8 Å². The average Bonchev–Trinajstić information content (AvgIpc) is 3.51. The van der Waals surface area contributed by atoms with Crippen LogP contribution in [0.25, 0.3) is 0 Å². The number of ether oxygens (including phenoxy) is 1. The topological polar surface area (TPSA) is 126 Å². The number of benzene rings is 1. The predicted molar refractivity (Wildman–Crippen MR) is 116 cm³/mol. The molecule has 0 aliphatic carbocycles. The van der Waals surface area contributed by atoms with Crippen LogP contribution in [0.1, 0.15) is 25.7 Å². The molecule has 1 aromatic heterocycles. The lowest BCUT2D eigenvalue weighted by Crippen LogP contribution is -2.28. The molecular formula is C19H25N5O5S2. The Labute approximate surface area is 184 Å². The van der Waals surface area contributed by atoms with Crippen LogP contribution in [0.15, 0.2) is 39.1 Å². The van der Waals surface area contributed by atoms with E-state index in [1.165, 1.54) is 21.0 Å². The molecule has 2 N–H and O–H groups in total. The fourth-order valence-corrected chi connectivity index (χ4v) is 6.02. The van der Waals surface area contributed by atoms with Crippen molar-refractivity contribution in [1.29, 1.82) is 0 Å². The summed E-state index contributed by atoms with van der Waals surface area (Å²) in [6, 6.07) is 6.26. The monoisotopic (exact) mass is 467 g/mol. The molecule has 2 saturated heterocycles. The highest BCUT2D eigenvalue weighted by molar-refractivity contribution is 7.99. The van der Waals surface area contributed by atoms with E-state index < -0.39 is 10.0 Å². The fourth-order valence-electron chi connectivity index (χ4n) is 3.71. The first-order chi connectivity index (χ1) is 14.9. The number of carbonyl (C=O) groups excluding carboxylic acids is 1. The van der Waals surface area contributed by atoms with Crippen LogP contribution in [-0.4, -0.2) is 64.9 Å². The molecule has 10 nitrogen and oxygen atoms in total. The second kappa shape index (κ2) is 9.55. The van der Waals surface area contributed by atoms with Crippen molar-refractivity contribution in [1.82, 2.24) is 19.1 Å². The lowest BCUT2D eigenvalue weighted by atomic mass is 10.2. The SMILES string of the molecule is O=C(CSc1n[nH]c(=O)n1CC1CCCO1)Nc1cccc(S(=O)(=O)N2CCCC2)c1. The van der Waals surface area contributed by atoms with E-state index in [4.69, 9.17) is 4.74 Å². The zero-order valence-electron chi connectivity index (χ0n) is 17.0. The summed E-state index contributed by atoms with van der Waals surface area (Å²) in [5.41, 5.74) is 0.0721. The summed E-state index contributed by atoms with van der Waals surface area (Å²) in [6.45, 7) is 2.13. The van der Waals surface area contributed by atoms with E-state index >= 15 is 0 Å². The van der Waals surface area contributed by atoms with Crippen molar-refractivity contribution in [3.8, 4) is 0 Å². The third-order valence-electron chi connectivity index (χ3n) is 5.29. The minimum atomic E-state index is -3.55. The molecule has 1 unspecified atom stereocenters. The second-order valence-electron chi connectivity index (χ2n) is 7.53. The Morgan fingerprint density at radius 1 is 1.29 bits per heavy atom. The molecule has 2 aliphatic heterocycles. The Bertz CT molecular complexity index is 1090. The molecule has 12 heteroatoms. The van der Waals surface area contributed by atoms with Gasteiger partial charge in [0.15, 0.2) is 5.16 Å². The molecular weight excluding hydrogens is 442 g/mol. The molecule has 0 saturated carbocycles. The molecule has 3 heterocycles. The summed E-state index contributed by atoms with van der Waals surface area (Å²) in [6.07, 6.45) is 3.55. The van der Waals surface area contributed by atoms with E-state index in [0.717, 1.165) is 37.4 Å². The Kier molecular flexibility index (Phi) is 6.80. The summed E-state index contributed by atoms with van der Waals surface area (Å²) in [5, 5.41) is 9.55. The van der Waals surface area contributed by atoms with E-state index in [2.05, 4.69) is 15.5 Å². The number of sulfonamides is 1. The molecule has 2 fully saturated rings. The Hall–Kier alpha value is -2.15. The molecule has 1 amide bonds. The molecule has 0 bridgehead atoms. The van der Waals surface area contributed by atoms with Gasteiger partial charge < -0.3 is 10.1 Å². The maximum Gasteiger partial charge on any atom is 0.344 e. The number of aromatic amines is 1. The van der Waals surface area contributed by atoms with Gasteiger partial charge in [0, 0.05) is 25.4 Å². The van der Waals surface area contributed by atoms with Gasteiger partial charge in [0.25, 0.3) is 0 Å².